The van der Waals surface area contributed by atoms with E-state index in [4.69, 9.17) is 4.84 Å². The predicted molar refractivity (Wildman–Crippen MR) is 129 cm³/mol. The summed E-state index contributed by atoms with van der Waals surface area (Å²) in [7, 11) is 0. The summed E-state index contributed by atoms with van der Waals surface area (Å²) >= 11 is 0. The van der Waals surface area contributed by atoms with E-state index in [9.17, 15) is 28.3 Å². The number of oxime groups is 1. The fourth-order valence-electron chi connectivity index (χ4n) is 5.66. The molecule has 0 radical (unpaired) electrons. The van der Waals surface area contributed by atoms with E-state index in [1.807, 2.05) is 20.8 Å². The molecule has 4 atom stereocenters. The van der Waals surface area contributed by atoms with Gasteiger partial charge in [0.1, 0.15) is 17.2 Å². The van der Waals surface area contributed by atoms with Crippen LogP contribution in [0.25, 0.3) is 0 Å². The summed E-state index contributed by atoms with van der Waals surface area (Å²) in [6, 6.07) is 1.61. The van der Waals surface area contributed by atoms with Crippen molar-refractivity contribution in [1.82, 2.24) is 14.8 Å². The third-order valence-corrected chi connectivity index (χ3v) is 8.23. The molecule has 5 rings (SSSR count). The van der Waals surface area contributed by atoms with E-state index >= 15 is 0 Å². The summed E-state index contributed by atoms with van der Waals surface area (Å²) in [5.41, 5.74) is -1.81. The molecule has 2 N–H and O–H groups in total. The zero-order valence-corrected chi connectivity index (χ0v) is 21.0. The molecule has 9 nitrogen and oxygen atoms in total. The van der Waals surface area contributed by atoms with Gasteiger partial charge in [0.2, 0.25) is 5.43 Å². The number of nitrogens with zero attached hydrogens (tertiary/aromatic N) is 3. The lowest BCUT2D eigenvalue weighted by atomic mass is 9.76. The van der Waals surface area contributed by atoms with Crippen molar-refractivity contribution in [2.24, 2.45) is 11.1 Å². The van der Waals surface area contributed by atoms with Crippen LogP contribution in [-0.4, -0.2) is 50.3 Å². The van der Waals surface area contributed by atoms with Gasteiger partial charge in [0, 0.05) is 42.4 Å². The van der Waals surface area contributed by atoms with E-state index in [-0.39, 0.29) is 41.9 Å². The number of halogens is 2. The van der Waals surface area contributed by atoms with Gasteiger partial charge in [-0.2, -0.15) is 0 Å². The Hall–Kier alpha value is -3.76. The van der Waals surface area contributed by atoms with Crippen molar-refractivity contribution in [2.45, 2.75) is 64.8 Å². The molecule has 0 saturated carbocycles. The molecule has 1 fully saturated rings. The Morgan fingerprint density at radius 1 is 1.27 bits per heavy atom. The van der Waals surface area contributed by atoms with Crippen molar-refractivity contribution in [2.75, 3.05) is 6.54 Å². The average Bonchev–Trinajstić information content (AvgIpc) is 3.08. The summed E-state index contributed by atoms with van der Waals surface area (Å²) in [4.78, 5) is 47.1. The van der Waals surface area contributed by atoms with Gasteiger partial charge in [0.25, 0.3) is 11.8 Å². The highest BCUT2D eigenvalue weighted by atomic mass is 19.1. The molecule has 2 bridgehead atoms. The Kier molecular flexibility index (Phi) is 5.84. The van der Waals surface area contributed by atoms with E-state index in [1.165, 1.54) is 23.8 Å². The number of fused-ring (bicyclic) bond motifs is 5. The molecule has 4 heterocycles. The molecule has 0 unspecified atom stereocenters. The minimum Gasteiger partial charge on any atom is -0.503 e. The smallest absolute Gasteiger partial charge is 0.274 e. The quantitative estimate of drug-likeness (QED) is 0.654. The third kappa shape index (κ3) is 3.62. The molecule has 37 heavy (non-hydrogen) atoms. The summed E-state index contributed by atoms with van der Waals surface area (Å²) < 4.78 is 29.5. The molecule has 1 saturated heterocycles. The minimum atomic E-state index is -1.01. The molecule has 0 aliphatic carbocycles. The van der Waals surface area contributed by atoms with Gasteiger partial charge >= 0.3 is 0 Å². The van der Waals surface area contributed by atoms with E-state index in [0.29, 0.717) is 12.8 Å². The minimum absolute atomic E-state index is 0.0397. The van der Waals surface area contributed by atoms with Crippen LogP contribution in [0.2, 0.25) is 0 Å². The normalized spacial score (nSPS) is 26.4. The second-order valence-electron chi connectivity index (χ2n) is 10.2. The van der Waals surface area contributed by atoms with E-state index in [2.05, 4.69) is 10.5 Å². The van der Waals surface area contributed by atoms with Crippen LogP contribution in [0.3, 0.4) is 0 Å². The molecular formula is C26H28F2N4O5. The molecule has 11 heteroatoms. The highest BCUT2D eigenvalue weighted by molar-refractivity contribution is 5.99. The van der Waals surface area contributed by atoms with Crippen LogP contribution in [0.1, 0.15) is 71.6 Å². The van der Waals surface area contributed by atoms with Crippen molar-refractivity contribution in [1.29, 1.82) is 0 Å². The highest BCUT2D eigenvalue weighted by Gasteiger charge is 2.57. The summed E-state index contributed by atoms with van der Waals surface area (Å²) in [6.07, 6.45) is 2.47. The van der Waals surface area contributed by atoms with Crippen molar-refractivity contribution in [3.63, 3.8) is 0 Å². The number of pyridine rings is 1. The Bertz CT molecular complexity index is 1420. The monoisotopic (exact) mass is 514 g/mol. The molecule has 2 amide bonds. The number of carbonyl (C=O) groups is 2. The van der Waals surface area contributed by atoms with Gasteiger partial charge in [-0.15, -0.1) is 0 Å². The van der Waals surface area contributed by atoms with Crippen LogP contribution in [0.15, 0.2) is 28.3 Å². The van der Waals surface area contributed by atoms with Crippen molar-refractivity contribution >= 4 is 17.5 Å². The number of aromatic nitrogens is 1. The second kappa shape index (κ2) is 8.67. The van der Waals surface area contributed by atoms with Crippen LogP contribution >= 0.6 is 0 Å². The number of hydrogen-bond donors (Lipinski definition) is 2. The molecule has 1 aromatic carbocycles. The van der Waals surface area contributed by atoms with Crippen molar-refractivity contribution in [3.8, 4) is 5.75 Å². The number of hydrogen-bond acceptors (Lipinski definition) is 6. The zero-order chi connectivity index (χ0) is 26.8. The van der Waals surface area contributed by atoms with Crippen LogP contribution in [0.5, 0.6) is 5.75 Å². The fourth-order valence-corrected chi connectivity index (χ4v) is 5.66. The number of nitrogens with one attached hydrogen (secondary N) is 1. The summed E-state index contributed by atoms with van der Waals surface area (Å²) in [5, 5.41) is 17.6. The first kappa shape index (κ1) is 24.9. The number of rotatable bonds is 3. The van der Waals surface area contributed by atoms with Gasteiger partial charge in [-0.25, -0.2) is 8.78 Å². The molecule has 2 aromatic rings. The molecule has 3 aliphatic heterocycles. The van der Waals surface area contributed by atoms with Crippen molar-refractivity contribution in [3.05, 3.63) is 62.6 Å². The number of amides is 2. The Morgan fingerprint density at radius 2 is 2.00 bits per heavy atom. The largest absolute Gasteiger partial charge is 0.503 e. The maximum atomic E-state index is 14.4. The first-order valence-electron chi connectivity index (χ1n) is 12.2. The number of carbonyl (C=O) groups excluding carboxylic acids is 2. The fraction of sp³-hybridized carbons (Fsp3) is 0.462. The van der Waals surface area contributed by atoms with Crippen LogP contribution in [0.4, 0.5) is 8.78 Å². The lowest BCUT2D eigenvalue weighted by Crippen LogP contribution is -2.54. The van der Waals surface area contributed by atoms with E-state index < -0.39 is 51.8 Å². The standard InChI is InChI=1S/C26H28F2N4O5/c1-12-7-8-26(14(3)15(4)30-37-26)19-11-31(12)25(36)21-23(34)22(33)17(10-32(19)21)24(35)29-9-16-5-6-18(27)13(2)20(16)28/h5-6,10,12,14,19,34H,7-9,11H2,1-4H3,(H,29,35)/t12-,14-,19+,26-/m0/s1. The van der Waals surface area contributed by atoms with E-state index in [1.54, 1.807) is 4.90 Å². The SMILES string of the molecule is CC1=NO[C@@]2(CC[C@H](C)N3C[C@H]2n2cc(C(=O)NCc4ccc(F)c(C)c4F)c(=O)c(O)c2C3=O)[C@H]1C. The molecular weight excluding hydrogens is 486 g/mol. The third-order valence-electron chi connectivity index (χ3n) is 8.23. The maximum absolute atomic E-state index is 14.4. The van der Waals surface area contributed by atoms with Gasteiger partial charge in [0.05, 0.1) is 11.8 Å². The average molecular weight is 515 g/mol. The maximum Gasteiger partial charge on any atom is 0.274 e. The summed E-state index contributed by atoms with van der Waals surface area (Å²) in [6.45, 7) is 6.98. The second-order valence-corrected chi connectivity index (χ2v) is 10.2. The number of benzene rings is 1. The molecule has 3 aliphatic rings. The molecule has 196 valence electrons. The predicted octanol–water partition coefficient (Wildman–Crippen LogP) is 3.03. The molecule has 1 spiro atoms. The highest BCUT2D eigenvalue weighted by Crippen LogP contribution is 2.48. The van der Waals surface area contributed by atoms with Crippen LogP contribution in [-0.2, 0) is 11.4 Å². The Balaban J connectivity index is 1.56. The van der Waals surface area contributed by atoms with Gasteiger partial charge in [0.15, 0.2) is 17.0 Å². The lowest BCUT2D eigenvalue weighted by molar-refractivity contribution is -0.0864. The van der Waals surface area contributed by atoms with Gasteiger partial charge in [-0.05, 0) is 39.7 Å². The first-order chi connectivity index (χ1) is 17.5. The first-order valence-corrected chi connectivity index (χ1v) is 12.2. The molecule has 1 aromatic heterocycles. The van der Waals surface area contributed by atoms with Gasteiger partial charge < -0.3 is 24.7 Å². The van der Waals surface area contributed by atoms with Gasteiger partial charge in [-0.3, -0.25) is 14.4 Å². The van der Waals surface area contributed by atoms with Gasteiger partial charge in [-0.1, -0.05) is 18.1 Å². The van der Waals surface area contributed by atoms with Crippen molar-refractivity contribution < 1.29 is 28.3 Å². The van der Waals surface area contributed by atoms with Crippen LogP contribution in [0, 0.1) is 24.5 Å². The Labute approximate surface area is 211 Å². The zero-order valence-electron chi connectivity index (χ0n) is 21.0. The van der Waals surface area contributed by atoms with E-state index in [0.717, 1.165) is 11.8 Å². The topological polar surface area (TPSA) is 113 Å². The number of aromatic hydroxyl groups is 1. The summed E-state index contributed by atoms with van der Waals surface area (Å²) in [5.74, 6) is -3.82. The van der Waals surface area contributed by atoms with Crippen LogP contribution < -0.4 is 10.7 Å². The lowest BCUT2D eigenvalue weighted by Gasteiger charge is -2.43. The Morgan fingerprint density at radius 3 is 2.68 bits per heavy atom.